The van der Waals surface area contributed by atoms with Crippen molar-refractivity contribution in [1.29, 1.82) is 0 Å². The van der Waals surface area contributed by atoms with Gasteiger partial charge >= 0.3 is 0 Å². The van der Waals surface area contributed by atoms with Crippen LogP contribution in [0, 0.1) is 5.41 Å². The van der Waals surface area contributed by atoms with Crippen molar-refractivity contribution >= 4 is 5.96 Å². The molecular formula is C15H27N3O2. The van der Waals surface area contributed by atoms with Gasteiger partial charge in [0, 0.05) is 40.3 Å². The molecule has 5 nitrogen and oxygen atoms in total. The van der Waals surface area contributed by atoms with Gasteiger partial charge < -0.3 is 19.8 Å². The molecule has 0 bridgehead atoms. The van der Waals surface area contributed by atoms with Gasteiger partial charge in [-0.2, -0.15) is 0 Å². The lowest BCUT2D eigenvalue weighted by Gasteiger charge is -2.25. The second-order valence-corrected chi connectivity index (χ2v) is 5.59. The van der Waals surface area contributed by atoms with Crippen molar-refractivity contribution in [2.45, 2.75) is 26.7 Å². The van der Waals surface area contributed by atoms with Crippen molar-refractivity contribution < 1.29 is 9.15 Å². The van der Waals surface area contributed by atoms with Gasteiger partial charge in [0.05, 0.1) is 6.26 Å². The largest absolute Gasteiger partial charge is 0.469 e. The summed E-state index contributed by atoms with van der Waals surface area (Å²) < 4.78 is 10.4. The van der Waals surface area contributed by atoms with Gasteiger partial charge in [0.25, 0.3) is 0 Å². The molecule has 1 rings (SSSR count). The highest BCUT2D eigenvalue weighted by molar-refractivity contribution is 5.79. The zero-order chi connectivity index (χ0) is 14.8. The lowest BCUT2D eigenvalue weighted by molar-refractivity contribution is 0.153. The van der Waals surface area contributed by atoms with Crippen LogP contribution in [-0.2, 0) is 11.2 Å². The Balaban J connectivity index is 2.25. The monoisotopic (exact) mass is 281 g/mol. The van der Waals surface area contributed by atoms with Crippen LogP contribution in [0.25, 0.3) is 0 Å². The van der Waals surface area contributed by atoms with E-state index in [9.17, 15) is 0 Å². The number of rotatable bonds is 8. The minimum atomic E-state index is 0.175. The van der Waals surface area contributed by atoms with Gasteiger partial charge in [0.2, 0.25) is 0 Å². The maximum Gasteiger partial charge on any atom is 0.191 e. The number of ether oxygens (including phenoxy) is 1. The number of methoxy groups -OCH3 is 1. The third kappa shape index (κ3) is 6.61. The first-order valence-electron chi connectivity index (χ1n) is 7.03. The third-order valence-electron chi connectivity index (χ3n) is 3.18. The second-order valence-electron chi connectivity index (χ2n) is 5.59. The molecule has 0 saturated heterocycles. The molecule has 20 heavy (non-hydrogen) atoms. The van der Waals surface area contributed by atoms with Gasteiger partial charge in [-0.25, -0.2) is 0 Å². The van der Waals surface area contributed by atoms with Gasteiger partial charge in [-0.1, -0.05) is 13.8 Å². The van der Waals surface area contributed by atoms with Crippen molar-refractivity contribution in [1.82, 2.24) is 10.6 Å². The van der Waals surface area contributed by atoms with Crippen molar-refractivity contribution in [2.24, 2.45) is 10.4 Å². The summed E-state index contributed by atoms with van der Waals surface area (Å²) in [7, 11) is 3.52. The maximum atomic E-state index is 5.29. The lowest BCUT2D eigenvalue weighted by atomic mass is 9.90. The van der Waals surface area contributed by atoms with Crippen LogP contribution in [0.3, 0.4) is 0 Å². The van der Waals surface area contributed by atoms with Gasteiger partial charge in [0.1, 0.15) is 5.76 Å². The highest BCUT2D eigenvalue weighted by atomic mass is 16.5. The lowest BCUT2D eigenvalue weighted by Crippen LogP contribution is -2.42. The summed E-state index contributed by atoms with van der Waals surface area (Å²) >= 11 is 0. The van der Waals surface area contributed by atoms with Crippen LogP contribution in [0.4, 0.5) is 0 Å². The summed E-state index contributed by atoms with van der Waals surface area (Å²) in [6.45, 7) is 6.87. The standard InChI is InChI=1S/C15H27N3O2/c1-15(2,8-11-19-4)12-18-14(16-3)17-9-7-13-6-5-10-20-13/h5-6,10H,7-9,11-12H2,1-4H3,(H2,16,17,18). The zero-order valence-electron chi connectivity index (χ0n) is 13.0. The maximum absolute atomic E-state index is 5.29. The summed E-state index contributed by atoms with van der Waals surface area (Å²) in [5.41, 5.74) is 0.175. The molecule has 0 aliphatic heterocycles. The van der Waals surface area contributed by atoms with Crippen molar-refractivity contribution in [3.05, 3.63) is 24.2 Å². The second kappa shape index (κ2) is 8.64. The number of hydrogen-bond acceptors (Lipinski definition) is 3. The fourth-order valence-corrected chi connectivity index (χ4v) is 1.77. The van der Waals surface area contributed by atoms with Crippen LogP contribution in [0.2, 0.25) is 0 Å². The molecule has 0 saturated carbocycles. The Hall–Kier alpha value is -1.49. The van der Waals surface area contributed by atoms with E-state index >= 15 is 0 Å². The van der Waals surface area contributed by atoms with Gasteiger partial charge in [0.15, 0.2) is 5.96 Å². The first-order valence-corrected chi connectivity index (χ1v) is 7.03. The molecular weight excluding hydrogens is 254 g/mol. The number of guanidine groups is 1. The Labute approximate surface area is 121 Å². The molecule has 0 atom stereocenters. The minimum Gasteiger partial charge on any atom is -0.469 e. The average molecular weight is 281 g/mol. The van der Waals surface area contributed by atoms with E-state index in [1.807, 2.05) is 12.1 Å². The summed E-state index contributed by atoms with van der Waals surface area (Å²) in [6.07, 6.45) is 3.56. The van der Waals surface area contributed by atoms with Crippen molar-refractivity contribution in [3.63, 3.8) is 0 Å². The highest BCUT2D eigenvalue weighted by Crippen LogP contribution is 2.18. The van der Waals surface area contributed by atoms with Crippen LogP contribution in [-0.4, -0.2) is 39.8 Å². The molecule has 0 spiro atoms. The Kier molecular flexibility index (Phi) is 7.15. The van der Waals surface area contributed by atoms with Crippen LogP contribution in [0.1, 0.15) is 26.0 Å². The molecule has 0 radical (unpaired) electrons. The number of nitrogens with one attached hydrogen (secondary N) is 2. The first kappa shape index (κ1) is 16.6. The van der Waals surface area contributed by atoms with Crippen LogP contribution in [0.5, 0.6) is 0 Å². The Morgan fingerprint density at radius 2 is 2.20 bits per heavy atom. The van der Waals surface area contributed by atoms with E-state index in [0.717, 1.165) is 44.3 Å². The normalized spacial score (nSPS) is 12.5. The average Bonchev–Trinajstić information content (AvgIpc) is 2.93. The molecule has 5 heteroatoms. The molecule has 1 aromatic heterocycles. The van der Waals surface area contributed by atoms with Crippen molar-refractivity contribution in [3.8, 4) is 0 Å². The summed E-state index contributed by atoms with van der Waals surface area (Å²) in [5.74, 6) is 1.80. The van der Waals surface area contributed by atoms with Gasteiger partial charge in [-0.05, 0) is 24.0 Å². The molecule has 0 fully saturated rings. The first-order chi connectivity index (χ1) is 9.57. The quantitative estimate of drug-likeness (QED) is 0.565. The molecule has 0 aliphatic carbocycles. The van der Waals surface area contributed by atoms with Crippen LogP contribution in [0.15, 0.2) is 27.8 Å². The molecule has 114 valence electrons. The van der Waals surface area contributed by atoms with Gasteiger partial charge in [-0.3, -0.25) is 4.99 Å². The number of hydrogen-bond donors (Lipinski definition) is 2. The molecule has 1 aromatic rings. The third-order valence-corrected chi connectivity index (χ3v) is 3.18. The zero-order valence-corrected chi connectivity index (χ0v) is 13.0. The van der Waals surface area contributed by atoms with Gasteiger partial charge in [-0.15, -0.1) is 0 Å². The summed E-state index contributed by atoms with van der Waals surface area (Å²) in [4.78, 5) is 4.22. The van der Waals surface area contributed by atoms with E-state index < -0.39 is 0 Å². The minimum absolute atomic E-state index is 0.175. The predicted molar refractivity (Wildman–Crippen MR) is 82.1 cm³/mol. The van der Waals surface area contributed by atoms with E-state index in [-0.39, 0.29) is 5.41 Å². The van der Waals surface area contributed by atoms with E-state index in [0.29, 0.717) is 0 Å². The fraction of sp³-hybridized carbons (Fsp3) is 0.667. The Bertz CT molecular complexity index is 386. The molecule has 0 amide bonds. The van der Waals surface area contributed by atoms with E-state index in [4.69, 9.17) is 9.15 Å². The number of furan rings is 1. The number of nitrogens with zero attached hydrogens (tertiary/aromatic N) is 1. The highest BCUT2D eigenvalue weighted by Gasteiger charge is 2.17. The predicted octanol–water partition coefficient (Wildman–Crippen LogP) is 2.05. The van der Waals surface area contributed by atoms with Crippen LogP contribution < -0.4 is 10.6 Å². The molecule has 0 aromatic carbocycles. The van der Waals surface area contributed by atoms with E-state index in [1.165, 1.54) is 0 Å². The topological polar surface area (TPSA) is 58.8 Å². The van der Waals surface area contributed by atoms with E-state index in [1.54, 1.807) is 20.4 Å². The SMILES string of the molecule is CN=C(NCCc1ccco1)NCC(C)(C)CCOC. The van der Waals surface area contributed by atoms with Crippen LogP contribution >= 0.6 is 0 Å². The smallest absolute Gasteiger partial charge is 0.191 e. The molecule has 0 unspecified atom stereocenters. The molecule has 0 aliphatic rings. The van der Waals surface area contributed by atoms with E-state index in [2.05, 4.69) is 29.5 Å². The number of aliphatic imine (C=N–C) groups is 1. The Morgan fingerprint density at radius 3 is 2.80 bits per heavy atom. The van der Waals surface area contributed by atoms with Crippen molar-refractivity contribution in [2.75, 3.05) is 33.9 Å². The Morgan fingerprint density at radius 1 is 1.40 bits per heavy atom. The summed E-state index contributed by atoms with van der Waals surface area (Å²) in [6, 6.07) is 3.88. The fourth-order valence-electron chi connectivity index (χ4n) is 1.77. The summed E-state index contributed by atoms with van der Waals surface area (Å²) in [5, 5.41) is 6.64. The molecule has 2 N–H and O–H groups in total. The molecule has 1 heterocycles.